The number of esters is 1. The van der Waals surface area contributed by atoms with Gasteiger partial charge in [-0.2, -0.15) is 17.6 Å². The molecule has 3 aliphatic rings. The Balaban J connectivity index is 1.92. The standard InChI is InChI=1S/C11H12F4O2S/c1-17-9(16)6-3-4-2-5(6)7-8(4)18-11(14,15)10(7,12)13/h4-8H,2-3H2,1H3. The fraction of sp³-hybridized carbons (Fsp3) is 0.909. The molecule has 1 aliphatic heterocycles. The van der Waals surface area contributed by atoms with Crippen molar-refractivity contribution in [1.29, 1.82) is 0 Å². The van der Waals surface area contributed by atoms with Crippen LogP contribution in [0.25, 0.3) is 0 Å². The minimum atomic E-state index is -4.02. The molecule has 0 spiro atoms. The number of hydrogen-bond donors (Lipinski definition) is 0. The second kappa shape index (κ2) is 3.55. The molecule has 1 heterocycles. The third kappa shape index (κ3) is 1.34. The van der Waals surface area contributed by atoms with Crippen LogP contribution in [0.2, 0.25) is 0 Å². The van der Waals surface area contributed by atoms with Crippen molar-refractivity contribution in [3.05, 3.63) is 0 Å². The van der Waals surface area contributed by atoms with Gasteiger partial charge in [0.15, 0.2) is 0 Å². The highest BCUT2D eigenvalue weighted by molar-refractivity contribution is 8.01. The van der Waals surface area contributed by atoms with Crippen molar-refractivity contribution in [3.63, 3.8) is 0 Å². The van der Waals surface area contributed by atoms with Gasteiger partial charge in [-0.3, -0.25) is 4.79 Å². The summed E-state index contributed by atoms with van der Waals surface area (Å²) in [5.74, 6) is -7.47. The van der Waals surface area contributed by atoms with Crippen molar-refractivity contribution in [1.82, 2.24) is 0 Å². The zero-order valence-corrected chi connectivity index (χ0v) is 10.4. The largest absolute Gasteiger partial charge is 0.469 e. The van der Waals surface area contributed by atoms with Gasteiger partial charge in [-0.25, -0.2) is 0 Å². The predicted octanol–water partition coefficient (Wildman–Crippen LogP) is 2.78. The van der Waals surface area contributed by atoms with Crippen LogP contribution >= 0.6 is 11.8 Å². The van der Waals surface area contributed by atoms with E-state index in [9.17, 15) is 22.4 Å². The lowest BCUT2D eigenvalue weighted by Gasteiger charge is -2.31. The highest BCUT2D eigenvalue weighted by Gasteiger charge is 2.77. The average Bonchev–Trinajstić information content (AvgIpc) is 2.88. The normalized spacial score (nSPS) is 47.1. The van der Waals surface area contributed by atoms with Crippen LogP contribution in [0.5, 0.6) is 0 Å². The zero-order chi connectivity index (χ0) is 13.3. The third-order valence-electron chi connectivity index (χ3n) is 4.52. The number of rotatable bonds is 1. The molecule has 0 aromatic heterocycles. The lowest BCUT2D eigenvalue weighted by atomic mass is 9.77. The SMILES string of the molecule is COC(=O)C1CC2CC1C1C2SC(F)(F)C1(F)F. The summed E-state index contributed by atoms with van der Waals surface area (Å²) in [7, 11) is 1.20. The molecule has 3 fully saturated rings. The van der Waals surface area contributed by atoms with Gasteiger partial charge >= 0.3 is 17.1 Å². The number of alkyl halides is 4. The topological polar surface area (TPSA) is 26.3 Å². The third-order valence-corrected chi connectivity index (χ3v) is 6.04. The second-order valence-corrected chi connectivity index (χ2v) is 6.57. The van der Waals surface area contributed by atoms with E-state index in [-0.39, 0.29) is 17.7 Å². The Morgan fingerprint density at radius 3 is 2.56 bits per heavy atom. The van der Waals surface area contributed by atoms with E-state index in [1.807, 2.05) is 0 Å². The molecule has 0 aromatic carbocycles. The van der Waals surface area contributed by atoms with Crippen LogP contribution in [0.3, 0.4) is 0 Å². The number of thioether (sulfide) groups is 1. The average molecular weight is 284 g/mol. The van der Waals surface area contributed by atoms with Crippen LogP contribution in [0.4, 0.5) is 17.6 Å². The summed E-state index contributed by atoms with van der Waals surface area (Å²) in [6.45, 7) is 0. The van der Waals surface area contributed by atoms with Gasteiger partial charge in [0.05, 0.1) is 13.0 Å². The van der Waals surface area contributed by atoms with Crippen molar-refractivity contribution >= 4 is 17.7 Å². The first kappa shape index (κ1) is 12.6. The molecule has 5 atom stereocenters. The minimum absolute atomic E-state index is 0.0944. The fourth-order valence-electron chi connectivity index (χ4n) is 3.82. The Morgan fingerprint density at radius 1 is 1.28 bits per heavy atom. The number of halogens is 4. The van der Waals surface area contributed by atoms with E-state index in [0.717, 1.165) is 0 Å². The number of hydrogen-bond acceptors (Lipinski definition) is 3. The molecule has 0 N–H and O–H groups in total. The quantitative estimate of drug-likeness (QED) is 0.547. The molecular formula is C11H12F4O2S. The van der Waals surface area contributed by atoms with Gasteiger partial charge in [0.1, 0.15) is 0 Å². The number of carbonyl (C=O) groups is 1. The lowest BCUT2D eigenvalue weighted by Crippen LogP contribution is -2.45. The maximum atomic E-state index is 13.8. The Kier molecular flexibility index (Phi) is 2.48. The molecule has 2 bridgehead atoms. The number of ether oxygens (including phenoxy) is 1. The molecule has 102 valence electrons. The number of fused-ring (bicyclic) bond motifs is 5. The van der Waals surface area contributed by atoms with Gasteiger partial charge in [0, 0.05) is 11.2 Å². The van der Waals surface area contributed by atoms with Gasteiger partial charge in [-0.1, -0.05) is 11.8 Å². The van der Waals surface area contributed by atoms with Crippen molar-refractivity contribution < 1.29 is 27.1 Å². The molecule has 5 unspecified atom stereocenters. The van der Waals surface area contributed by atoms with Crippen LogP contribution in [-0.4, -0.2) is 29.5 Å². The zero-order valence-electron chi connectivity index (χ0n) is 9.54. The van der Waals surface area contributed by atoms with E-state index >= 15 is 0 Å². The van der Waals surface area contributed by atoms with Gasteiger partial charge in [-0.05, 0) is 24.7 Å². The molecule has 0 amide bonds. The molecule has 2 nitrogen and oxygen atoms in total. The highest BCUT2D eigenvalue weighted by Crippen LogP contribution is 2.70. The van der Waals surface area contributed by atoms with Gasteiger partial charge in [0.2, 0.25) is 0 Å². The molecule has 0 radical (unpaired) electrons. The van der Waals surface area contributed by atoms with Gasteiger partial charge in [-0.15, -0.1) is 0 Å². The molecule has 3 rings (SSSR count). The van der Waals surface area contributed by atoms with Gasteiger partial charge < -0.3 is 4.74 Å². The van der Waals surface area contributed by atoms with E-state index in [2.05, 4.69) is 4.74 Å². The summed E-state index contributed by atoms with van der Waals surface area (Å²) in [4.78, 5) is 11.5. The number of carbonyl (C=O) groups excluding carboxylic acids is 1. The van der Waals surface area contributed by atoms with E-state index in [0.29, 0.717) is 12.8 Å². The van der Waals surface area contributed by atoms with Crippen molar-refractivity contribution in [2.75, 3.05) is 7.11 Å². The van der Waals surface area contributed by atoms with Crippen LogP contribution in [0.15, 0.2) is 0 Å². The fourth-order valence-corrected chi connectivity index (χ4v) is 5.39. The van der Waals surface area contributed by atoms with Crippen LogP contribution in [0, 0.1) is 23.7 Å². The molecular weight excluding hydrogens is 272 g/mol. The first-order chi connectivity index (χ1) is 8.29. The summed E-state index contributed by atoms with van der Waals surface area (Å²) in [5.41, 5.74) is 0. The summed E-state index contributed by atoms with van der Waals surface area (Å²) in [5, 5.41) is -4.73. The minimum Gasteiger partial charge on any atom is -0.469 e. The van der Waals surface area contributed by atoms with Crippen LogP contribution < -0.4 is 0 Å². The van der Waals surface area contributed by atoms with Gasteiger partial charge in [0.25, 0.3) is 0 Å². The lowest BCUT2D eigenvalue weighted by molar-refractivity contribution is -0.188. The predicted molar refractivity (Wildman–Crippen MR) is 56.5 cm³/mol. The maximum absolute atomic E-state index is 13.8. The van der Waals surface area contributed by atoms with Crippen LogP contribution in [0.1, 0.15) is 12.8 Å². The Labute approximate surface area is 105 Å². The van der Waals surface area contributed by atoms with Crippen molar-refractivity contribution in [3.8, 4) is 0 Å². The van der Waals surface area contributed by atoms with Crippen molar-refractivity contribution in [2.24, 2.45) is 23.7 Å². The molecule has 18 heavy (non-hydrogen) atoms. The number of methoxy groups -OCH3 is 1. The smallest absolute Gasteiger partial charge is 0.356 e. The van der Waals surface area contributed by atoms with Crippen LogP contribution in [-0.2, 0) is 9.53 Å². The second-order valence-electron chi connectivity index (χ2n) is 5.27. The first-order valence-electron chi connectivity index (χ1n) is 5.81. The van der Waals surface area contributed by atoms with E-state index in [1.54, 1.807) is 0 Å². The summed E-state index contributed by atoms with van der Waals surface area (Å²) in [6.07, 6.45) is 0.839. The Morgan fingerprint density at radius 2 is 1.94 bits per heavy atom. The summed E-state index contributed by atoms with van der Waals surface area (Å²) < 4.78 is 58.7. The van der Waals surface area contributed by atoms with E-state index in [1.165, 1.54) is 7.11 Å². The van der Waals surface area contributed by atoms with Crippen molar-refractivity contribution in [2.45, 2.75) is 29.3 Å². The Bertz CT molecular complexity index is 401. The maximum Gasteiger partial charge on any atom is 0.356 e. The first-order valence-corrected chi connectivity index (χ1v) is 6.69. The molecule has 0 aromatic rings. The molecule has 7 heteroatoms. The summed E-state index contributed by atoms with van der Waals surface area (Å²) in [6, 6.07) is 0. The van der Waals surface area contributed by atoms with E-state index < -0.39 is 40.2 Å². The summed E-state index contributed by atoms with van der Waals surface area (Å²) >= 11 is 0.0944. The molecule has 2 saturated carbocycles. The molecule has 2 aliphatic carbocycles. The Hall–Kier alpha value is -0.460. The highest BCUT2D eigenvalue weighted by atomic mass is 32.2. The van der Waals surface area contributed by atoms with E-state index in [4.69, 9.17) is 0 Å². The monoisotopic (exact) mass is 284 g/mol. The molecule has 1 saturated heterocycles.